The van der Waals surface area contributed by atoms with Crippen LogP contribution in [0.4, 0.5) is 0 Å². The summed E-state index contributed by atoms with van der Waals surface area (Å²) in [5, 5.41) is 0. The topological polar surface area (TPSA) is 35.5 Å². The van der Waals surface area contributed by atoms with Gasteiger partial charge in [-0.2, -0.15) is 0 Å². The number of Topliss-reactive ketones (excluding diaryl/α,β-unsaturated/α-hetero) is 1. The van der Waals surface area contributed by atoms with Gasteiger partial charge in [0.2, 0.25) is 0 Å². The summed E-state index contributed by atoms with van der Waals surface area (Å²) in [6.45, 7) is 8.35. The van der Waals surface area contributed by atoms with Gasteiger partial charge in [0.05, 0.1) is 0 Å². The van der Waals surface area contributed by atoms with Gasteiger partial charge in [0.25, 0.3) is 0 Å². The molecule has 0 radical (unpaired) electrons. The Morgan fingerprint density at radius 1 is 1.26 bits per heavy atom. The van der Waals surface area contributed by atoms with Crippen LogP contribution in [0, 0.1) is 5.92 Å². The summed E-state index contributed by atoms with van der Waals surface area (Å²) in [5.74, 6) is 1.08. The number of carbonyl (C=O) groups excluding carboxylic acids is 1. The first kappa shape index (κ1) is 16.6. The summed E-state index contributed by atoms with van der Waals surface area (Å²) < 4.78 is 11.0. The summed E-state index contributed by atoms with van der Waals surface area (Å²) in [5.41, 5.74) is -0.562. The molecule has 1 aliphatic rings. The first-order valence-electron chi connectivity index (χ1n) is 7.87. The van der Waals surface area contributed by atoms with Gasteiger partial charge in [-0.15, -0.1) is 0 Å². The number of rotatable bonds is 9. The van der Waals surface area contributed by atoms with E-state index < -0.39 is 5.60 Å². The smallest absolute Gasteiger partial charge is 0.164 e. The van der Waals surface area contributed by atoms with Crippen molar-refractivity contribution < 1.29 is 14.3 Å². The van der Waals surface area contributed by atoms with E-state index in [0.717, 1.165) is 38.4 Å². The fraction of sp³-hybridized carbons (Fsp3) is 0.938. The Kier molecular flexibility index (Phi) is 7.62. The summed E-state index contributed by atoms with van der Waals surface area (Å²) in [6.07, 6.45) is 7.21. The van der Waals surface area contributed by atoms with Gasteiger partial charge in [-0.3, -0.25) is 4.79 Å². The lowest BCUT2D eigenvalue weighted by Gasteiger charge is -2.26. The lowest BCUT2D eigenvalue weighted by atomic mass is 9.90. The number of ether oxygens (including phenoxy) is 2. The maximum atomic E-state index is 12.2. The van der Waals surface area contributed by atoms with Gasteiger partial charge in [-0.1, -0.05) is 19.8 Å². The molecule has 0 amide bonds. The first-order chi connectivity index (χ1) is 9.12. The zero-order valence-corrected chi connectivity index (χ0v) is 12.9. The van der Waals surface area contributed by atoms with Crippen molar-refractivity contribution in [3.8, 4) is 0 Å². The van der Waals surface area contributed by atoms with Gasteiger partial charge in [-0.05, 0) is 45.4 Å². The van der Waals surface area contributed by atoms with Crippen LogP contribution in [0.5, 0.6) is 0 Å². The predicted molar refractivity (Wildman–Crippen MR) is 77.3 cm³/mol. The third-order valence-corrected chi connectivity index (χ3v) is 4.33. The van der Waals surface area contributed by atoms with Crippen molar-refractivity contribution in [2.75, 3.05) is 19.8 Å². The minimum absolute atomic E-state index is 0.267. The fourth-order valence-electron chi connectivity index (χ4n) is 2.72. The van der Waals surface area contributed by atoms with Crippen LogP contribution in [-0.2, 0) is 14.3 Å². The highest BCUT2D eigenvalue weighted by Crippen LogP contribution is 2.23. The molecule has 0 saturated carbocycles. The standard InChI is InChI=1S/C16H30O3/c1-4-16(3,19-5-2)15(17)9-7-6-8-14-10-12-18-13-11-14/h14H,4-13H2,1-3H3. The average molecular weight is 270 g/mol. The molecular formula is C16H30O3. The molecular weight excluding hydrogens is 240 g/mol. The molecule has 1 saturated heterocycles. The van der Waals surface area contributed by atoms with E-state index in [4.69, 9.17) is 9.47 Å². The Bertz CT molecular complexity index is 259. The highest BCUT2D eigenvalue weighted by Gasteiger charge is 2.30. The van der Waals surface area contributed by atoms with Crippen molar-refractivity contribution in [3.63, 3.8) is 0 Å². The number of unbranched alkanes of at least 4 members (excludes halogenated alkanes) is 1. The van der Waals surface area contributed by atoms with E-state index in [0.29, 0.717) is 13.0 Å². The van der Waals surface area contributed by atoms with E-state index >= 15 is 0 Å². The molecule has 0 aliphatic carbocycles. The number of hydrogen-bond acceptors (Lipinski definition) is 3. The molecule has 0 bridgehead atoms. The molecule has 1 rings (SSSR count). The Morgan fingerprint density at radius 3 is 2.53 bits per heavy atom. The molecule has 1 atom stereocenters. The second kappa shape index (κ2) is 8.70. The highest BCUT2D eigenvalue weighted by atomic mass is 16.5. The third kappa shape index (κ3) is 5.62. The van der Waals surface area contributed by atoms with Crippen molar-refractivity contribution in [2.24, 2.45) is 5.92 Å². The first-order valence-corrected chi connectivity index (χ1v) is 7.87. The van der Waals surface area contributed by atoms with Gasteiger partial charge in [0, 0.05) is 26.2 Å². The molecule has 1 heterocycles. The molecule has 0 aromatic rings. The van der Waals surface area contributed by atoms with Crippen molar-refractivity contribution in [1.29, 1.82) is 0 Å². The minimum Gasteiger partial charge on any atom is -0.381 e. The van der Waals surface area contributed by atoms with Crippen molar-refractivity contribution in [1.82, 2.24) is 0 Å². The molecule has 3 nitrogen and oxygen atoms in total. The van der Waals surface area contributed by atoms with Gasteiger partial charge < -0.3 is 9.47 Å². The highest BCUT2D eigenvalue weighted by molar-refractivity contribution is 5.86. The monoisotopic (exact) mass is 270 g/mol. The number of hydrogen-bond donors (Lipinski definition) is 0. The third-order valence-electron chi connectivity index (χ3n) is 4.33. The lowest BCUT2D eigenvalue weighted by molar-refractivity contribution is -0.142. The Balaban J connectivity index is 2.18. The summed E-state index contributed by atoms with van der Waals surface area (Å²) >= 11 is 0. The molecule has 0 spiro atoms. The minimum atomic E-state index is -0.562. The molecule has 3 heteroatoms. The van der Waals surface area contributed by atoms with Crippen molar-refractivity contribution >= 4 is 5.78 Å². The Morgan fingerprint density at radius 2 is 1.95 bits per heavy atom. The Labute approximate surface area is 118 Å². The lowest BCUT2D eigenvalue weighted by Crippen LogP contribution is -2.37. The van der Waals surface area contributed by atoms with E-state index in [1.54, 1.807) is 0 Å². The van der Waals surface area contributed by atoms with E-state index in [9.17, 15) is 4.79 Å². The molecule has 0 aromatic heterocycles. The average Bonchev–Trinajstić information content (AvgIpc) is 2.44. The maximum Gasteiger partial charge on any atom is 0.164 e. The van der Waals surface area contributed by atoms with Crippen LogP contribution in [0.1, 0.15) is 65.7 Å². The largest absolute Gasteiger partial charge is 0.381 e. The second-order valence-electron chi connectivity index (χ2n) is 5.74. The van der Waals surface area contributed by atoms with Gasteiger partial charge in [0.15, 0.2) is 5.78 Å². The predicted octanol–water partition coefficient (Wildman–Crippen LogP) is 3.75. The fourth-order valence-corrected chi connectivity index (χ4v) is 2.72. The number of ketones is 1. The quantitative estimate of drug-likeness (QED) is 0.599. The maximum absolute atomic E-state index is 12.2. The van der Waals surface area contributed by atoms with E-state index in [1.165, 1.54) is 19.3 Å². The molecule has 19 heavy (non-hydrogen) atoms. The summed E-state index contributed by atoms with van der Waals surface area (Å²) in [6, 6.07) is 0. The van der Waals surface area contributed by atoms with E-state index in [2.05, 4.69) is 0 Å². The van der Waals surface area contributed by atoms with Gasteiger partial charge in [0.1, 0.15) is 5.60 Å². The van der Waals surface area contributed by atoms with Gasteiger partial charge >= 0.3 is 0 Å². The Hall–Kier alpha value is -0.410. The van der Waals surface area contributed by atoms with E-state index in [-0.39, 0.29) is 5.78 Å². The molecule has 1 unspecified atom stereocenters. The zero-order valence-electron chi connectivity index (χ0n) is 12.9. The normalized spacial score (nSPS) is 20.2. The molecule has 1 aliphatic heterocycles. The van der Waals surface area contributed by atoms with Crippen LogP contribution in [0.25, 0.3) is 0 Å². The van der Waals surface area contributed by atoms with Crippen LogP contribution in [-0.4, -0.2) is 31.2 Å². The molecule has 0 aromatic carbocycles. The van der Waals surface area contributed by atoms with E-state index in [1.807, 2.05) is 20.8 Å². The van der Waals surface area contributed by atoms with Crippen LogP contribution < -0.4 is 0 Å². The van der Waals surface area contributed by atoms with Crippen molar-refractivity contribution in [2.45, 2.75) is 71.3 Å². The van der Waals surface area contributed by atoms with Crippen LogP contribution in [0.3, 0.4) is 0 Å². The molecule has 1 fully saturated rings. The SMILES string of the molecule is CCOC(C)(CC)C(=O)CCCCC1CCOCC1. The molecule has 0 N–H and O–H groups in total. The zero-order chi connectivity index (χ0) is 14.1. The van der Waals surface area contributed by atoms with Crippen molar-refractivity contribution in [3.05, 3.63) is 0 Å². The second-order valence-corrected chi connectivity index (χ2v) is 5.74. The number of carbonyl (C=O) groups is 1. The van der Waals surface area contributed by atoms with Crippen LogP contribution in [0.15, 0.2) is 0 Å². The van der Waals surface area contributed by atoms with Gasteiger partial charge in [-0.25, -0.2) is 0 Å². The van der Waals surface area contributed by atoms with Crippen LogP contribution >= 0.6 is 0 Å². The summed E-state index contributed by atoms with van der Waals surface area (Å²) in [4.78, 5) is 12.2. The van der Waals surface area contributed by atoms with Crippen LogP contribution in [0.2, 0.25) is 0 Å². The molecule has 112 valence electrons. The summed E-state index contributed by atoms with van der Waals surface area (Å²) in [7, 11) is 0.